The first-order valence-electron chi connectivity index (χ1n) is 15.3. The number of fused-ring (bicyclic) bond motifs is 3. The standard InChI is InChI=1S/C42H36N2/c1-4-13-35(39-27-40(43)42-37(21-12-22-38(39)42)34-19-9-5-14-28(34)2)29(3)44(33-25-24-30-15-6-7-17-32(30)26-33)41-23-11-18-31-16-8-10-20-36(31)41/h4-27,29,40H,1,43H2,2-3H3/b35-13+. The Morgan fingerprint density at radius 2 is 1.39 bits per heavy atom. The summed E-state index contributed by atoms with van der Waals surface area (Å²) in [6.07, 6.45) is 6.31. The van der Waals surface area contributed by atoms with E-state index in [1.807, 2.05) is 6.08 Å². The topological polar surface area (TPSA) is 29.3 Å². The van der Waals surface area contributed by atoms with Crippen molar-refractivity contribution in [2.75, 3.05) is 4.90 Å². The average Bonchev–Trinajstić information content (AvgIpc) is 3.40. The van der Waals surface area contributed by atoms with Gasteiger partial charge < -0.3 is 10.6 Å². The van der Waals surface area contributed by atoms with Gasteiger partial charge in [0.1, 0.15) is 0 Å². The molecule has 0 saturated heterocycles. The van der Waals surface area contributed by atoms with Gasteiger partial charge >= 0.3 is 0 Å². The zero-order valence-electron chi connectivity index (χ0n) is 25.2. The molecule has 6 aromatic rings. The SMILES string of the molecule is C=C/C=C(/C1=CC(N)c2c1cccc2-c1ccccc1C)C(C)N(c1ccc2ccccc2c1)c1cccc2ccccc12. The van der Waals surface area contributed by atoms with Gasteiger partial charge in [0.15, 0.2) is 0 Å². The van der Waals surface area contributed by atoms with E-state index in [-0.39, 0.29) is 12.1 Å². The molecule has 0 aromatic heterocycles. The predicted octanol–water partition coefficient (Wildman–Crippen LogP) is 10.7. The van der Waals surface area contributed by atoms with E-state index in [1.54, 1.807) is 0 Å². The van der Waals surface area contributed by atoms with Crippen LogP contribution in [0, 0.1) is 6.92 Å². The van der Waals surface area contributed by atoms with E-state index in [0.717, 1.165) is 11.4 Å². The van der Waals surface area contributed by atoms with Gasteiger partial charge in [-0.05, 0) is 87.2 Å². The number of benzene rings is 6. The molecule has 0 radical (unpaired) electrons. The summed E-state index contributed by atoms with van der Waals surface area (Å²) in [4.78, 5) is 2.47. The highest BCUT2D eigenvalue weighted by molar-refractivity contribution is 5.99. The van der Waals surface area contributed by atoms with Gasteiger partial charge in [0.25, 0.3) is 0 Å². The number of nitrogens with zero attached hydrogens (tertiary/aromatic N) is 1. The molecule has 2 unspecified atom stereocenters. The molecule has 0 spiro atoms. The van der Waals surface area contributed by atoms with Crippen LogP contribution in [-0.4, -0.2) is 6.04 Å². The largest absolute Gasteiger partial charge is 0.334 e. The maximum absolute atomic E-state index is 6.95. The molecular formula is C42H36N2. The Balaban J connectivity index is 1.41. The van der Waals surface area contributed by atoms with Crippen LogP contribution in [0.15, 0.2) is 158 Å². The molecule has 2 nitrogen and oxygen atoms in total. The molecule has 0 fully saturated rings. The smallest absolute Gasteiger partial charge is 0.0569 e. The molecule has 6 aromatic carbocycles. The number of hydrogen-bond donors (Lipinski definition) is 1. The van der Waals surface area contributed by atoms with Crippen molar-refractivity contribution in [2.24, 2.45) is 5.73 Å². The van der Waals surface area contributed by atoms with E-state index in [2.05, 4.69) is 165 Å². The minimum atomic E-state index is -0.206. The maximum atomic E-state index is 6.95. The Bertz CT molecular complexity index is 2090. The minimum Gasteiger partial charge on any atom is -0.334 e. The van der Waals surface area contributed by atoms with E-state index in [0.29, 0.717) is 0 Å². The van der Waals surface area contributed by atoms with Crippen molar-refractivity contribution in [2.45, 2.75) is 25.9 Å². The summed E-state index contributed by atoms with van der Waals surface area (Å²) in [6, 6.07) is 45.4. The molecule has 0 bridgehead atoms. The highest BCUT2D eigenvalue weighted by Crippen LogP contribution is 2.46. The van der Waals surface area contributed by atoms with Crippen molar-refractivity contribution in [1.82, 2.24) is 0 Å². The molecule has 44 heavy (non-hydrogen) atoms. The number of allylic oxidation sites excluding steroid dienone is 2. The summed E-state index contributed by atoms with van der Waals surface area (Å²) < 4.78 is 0. The zero-order chi connectivity index (χ0) is 30.2. The average molecular weight is 569 g/mol. The second-order valence-corrected chi connectivity index (χ2v) is 11.6. The van der Waals surface area contributed by atoms with Crippen molar-refractivity contribution in [3.8, 4) is 11.1 Å². The van der Waals surface area contributed by atoms with Crippen LogP contribution in [0.1, 0.15) is 29.7 Å². The first kappa shape index (κ1) is 27.6. The zero-order valence-corrected chi connectivity index (χ0v) is 25.2. The molecule has 214 valence electrons. The Hall–Kier alpha value is -5.18. The quantitative estimate of drug-likeness (QED) is 0.194. The number of hydrogen-bond acceptors (Lipinski definition) is 2. The second kappa shape index (κ2) is 11.5. The highest BCUT2D eigenvalue weighted by Gasteiger charge is 2.31. The van der Waals surface area contributed by atoms with Crippen molar-refractivity contribution in [3.05, 3.63) is 174 Å². The van der Waals surface area contributed by atoms with E-state index < -0.39 is 0 Å². The van der Waals surface area contributed by atoms with Gasteiger partial charge in [0.05, 0.1) is 12.1 Å². The third-order valence-electron chi connectivity index (χ3n) is 8.99. The van der Waals surface area contributed by atoms with Gasteiger partial charge in [0.2, 0.25) is 0 Å². The molecule has 0 heterocycles. The molecule has 1 aliphatic rings. The predicted molar refractivity (Wildman–Crippen MR) is 189 cm³/mol. The molecule has 2 N–H and O–H groups in total. The van der Waals surface area contributed by atoms with Crippen molar-refractivity contribution in [3.63, 3.8) is 0 Å². The summed E-state index contributed by atoms with van der Waals surface area (Å²) in [7, 11) is 0. The Morgan fingerprint density at radius 3 is 2.20 bits per heavy atom. The fourth-order valence-corrected chi connectivity index (χ4v) is 6.91. The van der Waals surface area contributed by atoms with Gasteiger partial charge in [-0.2, -0.15) is 0 Å². The van der Waals surface area contributed by atoms with Crippen LogP contribution in [0.25, 0.3) is 38.2 Å². The summed E-state index contributed by atoms with van der Waals surface area (Å²) >= 11 is 0. The molecule has 0 amide bonds. The lowest BCUT2D eigenvalue weighted by Gasteiger charge is -2.35. The molecule has 0 saturated carbocycles. The van der Waals surface area contributed by atoms with Gasteiger partial charge in [-0.15, -0.1) is 0 Å². The molecule has 1 aliphatic carbocycles. The number of rotatable bonds is 7. The molecular weight excluding hydrogens is 532 g/mol. The van der Waals surface area contributed by atoms with Crippen LogP contribution in [0.3, 0.4) is 0 Å². The Morgan fingerprint density at radius 1 is 0.727 bits per heavy atom. The lowest BCUT2D eigenvalue weighted by molar-refractivity contribution is 0.840. The van der Waals surface area contributed by atoms with Gasteiger partial charge in [-0.25, -0.2) is 0 Å². The number of nitrogens with two attached hydrogens (primary N) is 1. The number of aryl methyl sites for hydroxylation is 1. The highest BCUT2D eigenvalue weighted by atomic mass is 15.2. The first-order chi connectivity index (χ1) is 21.5. The van der Waals surface area contributed by atoms with E-state index in [9.17, 15) is 0 Å². The third-order valence-corrected chi connectivity index (χ3v) is 8.99. The summed E-state index contributed by atoms with van der Waals surface area (Å²) in [5.41, 5.74) is 17.6. The fraction of sp³-hybridized carbons (Fsp3) is 0.0952. The van der Waals surface area contributed by atoms with Crippen molar-refractivity contribution >= 4 is 38.5 Å². The third kappa shape index (κ3) is 4.74. The fourth-order valence-electron chi connectivity index (χ4n) is 6.91. The van der Waals surface area contributed by atoms with E-state index >= 15 is 0 Å². The van der Waals surface area contributed by atoms with Crippen LogP contribution in [-0.2, 0) is 0 Å². The first-order valence-corrected chi connectivity index (χ1v) is 15.3. The van der Waals surface area contributed by atoms with Gasteiger partial charge in [-0.3, -0.25) is 0 Å². The molecule has 7 rings (SSSR count). The van der Waals surface area contributed by atoms with Crippen molar-refractivity contribution < 1.29 is 0 Å². The monoisotopic (exact) mass is 568 g/mol. The van der Waals surface area contributed by atoms with Gasteiger partial charge in [-0.1, -0.05) is 134 Å². The molecule has 0 aliphatic heterocycles. The molecule has 2 atom stereocenters. The summed E-state index contributed by atoms with van der Waals surface area (Å²) in [5, 5.41) is 4.87. The van der Waals surface area contributed by atoms with Crippen LogP contribution in [0.4, 0.5) is 11.4 Å². The van der Waals surface area contributed by atoms with Crippen LogP contribution < -0.4 is 10.6 Å². The van der Waals surface area contributed by atoms with Crippen LogP contribution in [0.5, 0.6) is 0 Å². The normalized spacial score (nSPS) is 15.2. The lowest BCUT2D eigenvalue weighted by atomic mass is 9.88. The number of anilines is 2. The van der Waals surface area contributed by atoms with E-state index in [4.69, 9.17) is 5.73 Å². The van der Waals surface area contributed by atoms with Crippen molar-refractivity contribution in [1.29, 1.82) is 0 Å². The maximum Gasteiger partial charge on any atom is 0.0569 e. The Labute approximate surface area is 260 Å². The lowest BCUT2D eigenvalue weighted by Crippen LogP contribution is -2.31. The molecule has 2 heteroatoms. The second-order valence-electron chi connectivity index (χ2n) is 11.6. The minimum absolute atomic E-state index is 0.0357. The van der Waals surface area contributed by atoms with Crippen LogP contribution in [0.2, 0.25) is 0 Å². The Kier molecular flexibility index (Phi) is 7.21. The van der Waals surface area contributed by atoms with Gasteiger partial charge in [0, 0.05) is 16.8 Å². The van der Waals surface area contributed by atoms with E-state index in [1.165, 1.54) is 60.5 Å². The summed E-state index contributed by atoms with van der Waals surface area (Å²) in [5.74, 6) is 0. The summed E-state index contributed by atoms with van der Waals surface area (Å²) in [6.45, 7) is 8.61. The van der Waals surface area contributed by atoms with Crippen LogP contribution >= 0.6 is 0 Å².